The van der Waals surface area contributed by atoms with Crippen LogP contribution in [-0.4, -0.2) is 74.9 Å². The maximum Gasteiger partial charge on any atom is 0.230 e. The fourth-order valence-corrected chi connectivity index (χ4v) is 4.89. The molecule has 0 radical (unpaired) electrons. The van der Waals surface area contributed by atoms with E-state index in [1.807, 2.05) is 4.90 Å². The van der Waals surface area contributed by atoms with E-state index in [-0.39, 0.29) is 11.3 Å². The lowest BCUT2D eigenvalue weighted by atomic mass is 9.73. The smallest absolute Gasteiger partial charge is 0.230 e. The van der Waals surface area contributed by atoms with E-state index in [0.29, 0.717) is 25.1 Å². The largest absolute Gasteiger partial charge is 0.383 e. The lowest BCUT2D eigenvalue weighted by Gasteiger charge is -2.29. The van der Waals surface area contributed by atoms with Crippen LogP contribution in [0.1, 0.15) is 24.3 Å². The van der Waals surface area contributed by atoms with Crippen LogP contribution in [0.25, 0.3) is 0 Å². The van der Waals surface area contributed by atoms with Gasteiger partial charge in [-0.25, -0.2) is 0 Å². The highest BCUT2D eigenvalue weighted by atomic mass is 16.5. The van der Waals surface area contributed by atoms with E-state index in [1.165, 1.54) is 5.56 Å². The molecule has 1 unspecified atom stereocenters. The van der Waals surface area contributed by atoms with Gasteiger partial charge in [0.05, 0.1) is 18.6 Å². The molecule has 0 N–H and O–H groups in total. The maximum absolute atomic E-state index is 13.4. The fourth-order valence-electron chi connectivity index (χ4n) is 4.89. The minimum atomic E-state index is -0.280. The number of ether oxygens (including phenoxy) is 2. The first-order valence-corrected chi connectivity index (χ1v) is 9.40. The molecule has 136 valence electrons. The number of hydrogen-bond acceptors (Lipinski definition) is 4. The molecule has 5 heteroatoms. The Hall–Kier alpha value is -1.43. The molecule has 3 fully saturated rings. The Morgan fingerprint density at radius 2 is 2.16 bits per heavy atom. The molecule has 3 aliphatic rings. The zero-order valence-electron chi connectivity index (χ0n) is 15.0. The third-order valence-electron chi connectivity index (χ3n) is 6.30. The molecule has 1 spiro atoms. The van der Waals surface area contributed by atoms with Gasteiger partial charge < -0.3 is 14.4 Å². The average Bonchev–Trinajstić information content (AvgIpc) is 3.36. The second kappa shape index (κ2) is 7.06. The quantitative estimate of drug-likeness (QED) is 0.816. The van der Waals surface area contributed by atoms with Crippen LogP contribution in [0.3, 0.4) is 0 Å². The van der Waals surface area contributed by atoms with E-state index in [2.05, 4.69) is 35.2 Å². The molecule has 0 bridgehead atoms. The second-order valence-corrected chi connectivity index (χ2v) is 7.60. The number of amides is 1. The summed E-state index contributed by atoms with van der Waals surface area (Å²) >= 11 is 0. The summed E-state index contributed by atoms with van der Waals surface area (Å²) in [6.45, 7) is 5.63. The number of methoxy groups -OCH3 is 1. The van der Waals surface area contributed by atoms with Crippen LogP contribution >= 0.6 is 0 Å². The lowest BCUT2D eigenvalue weighted by molar-refractivity contribution is -0.136. The van der Waals surface area contributed by atoms with Crippen molar-refractivity contribution in [3.05, 3.63) is 35.9 Å². The number of hydrogen-bond donors (Lipinski definition) is 0. The van der Waals surface area contributed by atoms with Crippen LogP contribution in [0, 0.1) is 5.41 Å². The van der Waals surface area contributed by atoms with E-state index in [1.54, 1.807) is 7.11 Å². The minimum absolute atomic E-state index is 0.273. The van der Waals surface area contributed by atoms with E-state index in [9.17, 15) is 4.79 Å². The van der Waals surface area contributed by atoms with Crippen molar-refractivity contribution < 1.29 is 14.3 Å². The molecular formula is C20H28N2O3. The summed E-state index contributed by atoms with van der Waals surface area (Å²) in [4.78, 5) is 17.9. The molecule has 0 aromatic heterocycles. The highest BCUT2D eigenvalue weighted by Gasteiger charge is 2.57. The van der Waals surface area contributed by atoms with E-state index in [4.69, 9.17) is 9.47 Å². The van der Waals surface area contributed by atoms with Gasteiger partial charge >= 0.3 is 0 Å². The van der Waals surface area contributed by atoms with E-state index >= 15 is 0 Å². The Morgan fingerprint density at radius 3 is 2.88 bits per heavy atom. The average molecular weight is 344 g/mol. The van der Waals surface area contributed by atoms with Crippen molar-refractivity contribution >= 4 is 5.91 Å². The zero-order chi connectivity index (χ0) is 17.3. The van der Waals surface area contributed by atoms with Crippen molar-refractivity contribution in [2.75, 3.05) is 53.1 Å². The number of rotatable bonds is 5. The van der Waals surface area contributed by atoms with Crippen molar-refractivity contribution in [2.45, 2.75) is 24.8 Å². The zero-order valence-corrected chi connectivity index (χ0v) is 15.0. The van der Waals surface area contributed by atoms with Gasteiger partial charge in [0, 0.05) is 51.9 Å². The third kappa shape index (κ3) is 2.98. The second-order valence-electron chi connectivity index (χ2n) is 7.60. The first kappa shape index (κ1) is 17.0. The number of likely N-dealkylation sites (tertiary alicyclic amines) is 2. The van der Waals surface area contributed by atoms with Gasteiger partial charge in [-0.3, -0.25) is 9.69 Å². The number of nitrogens with zero attached hydrogens (tertiary/aromatic N) is 2. The van der Waals surface area contributed by atoms with Crippen LogP contribution < -0.4 is 0 Å². The molecule has 25 heavy (non-hydrogen) atoms. The first-order chi connectivity index (χ1) is 12.2. The monoisotopic (exact) mass is 344 g/mol. The number of carbonyl (C=O) groups excluding carboxylic acids is 1. The van der Waals surface area contributed by atoms with Gasteiger partial charge in [0.2, 0.25) is 5.91 Å². The van der Waals surface area contributed by atoms with Gasteiger partial charge in [-0.05, 0) is 18.4 Å². The van der Waals surface area contributed by atoms with Crippen LogP contribution in [0.5, 0.6) is 0 Å². The SMILES string of the molecule is COCCN1CC[C@@]2(CN(C3CCOC3)C[C@H]2c2ccccc2)C1=O. The number of carbonyl (C=O) groups is 1. The van der Waals surface area contributed by atoms with Gasteiger partial charge in [-0.15, -0.1) is 0 Å². The Labute approximate surface area is 149 Å². The van der Waals surface area contributed by atoms with E-state index < -0.39 is 0 Å². The highest BCUT2D eigenvalue weighted by Crippen LogP contribution is 2.50. The van der Waals surface area contributed by atoms with Gasteiger partial charge in [-0.1, -0.05) is 30.3 Å². The first-order valence-electron chi connectivity index (χ1n) is 9.40. The van der Waals surface area contributed by atoms with Gasteiger partial charge in [0.15, 0.2) is 0 Å². The van der Waals surface area contributed by atoms with Gasteiger partial charge in [0.25, 0.3) is 0 Å². The molecule has 3 atom stereocenters. The predicted octanol–water partition coefficient (Wildman–Crippen LogP) is 1.74. The Morgan fingerprint density at radius 1 is 1.32 bits per heavy atom. The Kier molecular flexibility index (Phi) is 4.80. The summed E-state index contributed by atoms with van der Waals surface area (Å²) in [6.07, 6.45) is 2.03. The molecule has 3 saturated heterocycles. The highest BCUT2D eigenvalue weighted by molar-refractivity contribution is 5.87. The standard InChI is InChI=1S/C20H28N2O3/c1-24-12-10-21-9-8-20(19(21)23)15-22(17-7-11-25-14-17)13-18(20)16-5-3-2-4-6-16/h2-6,17-18H,7-15H2,1H3/t17?,18-,20-/m0/s1. The summed E-state index contributed by atoms with van der Waals surface area (Å²) in [5, 5.41) is 0. The lowest BCUT2D eigenvalue weighted by Crippen LogP contribution is -2.42. The maximum atomic E-state index is 13.4. The van der Waals surface area contributed by atoms with Crippen molar-refractivity contribution in [2.24, 2.45) is 5.41 Å². The fraction of sp³-hybridized carbons (Fsp3) is 0.650. The molecule has 1 amide bonds. The topological polar surface area (TPSA) is 42.0 Å². The summed E-state index contributed by atoms with van der Waals surface area (Å²) in [5.41, 5.74) is 1.02. The van der Waals surface area contributed by atoms with Crippen LogP contribution in [0.4, 0.5) is 0 Å². The van der Waals surface area contributed by atoms with E-state index in [0.717, 1.165) is 45.7 Å². The normalized spacial score (nSPS) is 33.0. The third-order valence-corrected chi connectivity index (χ3v) is 6.30. The van der Waals surface area contributed by atoms with Crippen molar-refractivity contribution in [3.63, 3.8) is 0 Å². The minimum Gasteiger partial charge on any atom is -0.383 e. The molecule has 1 aromatic carbocycles. The summed E-state index contributed by atoms with van der Waals surface area (Å²) in [7, 11) is 1.69. The number of benzene rings is 1. The molecule has 3 heterocycles. The summed E-state index contributed by atoms with van der Waals surface area (Å²) in [6, 6.07) is 11.1. The predicted molar refractivity (Wildman–Crippen MR) is 95.5 cm³/mol. The van der Waals surface area contributed by atoms with Crippen molar-refractivity contribution in [1.82, 2.24) is 9.80 Å². The summed E-state index contributed by atoms with van der Waals surface area (Å²) < 4.78 is 10.8. The Bertz CT molecular complexity index is 602. The van der Waals surface area contributed by atoms with Crippen molar-refractivity contribution in [1.29, 1.82) is 0 Å². The van der Waals surface area contributed by atoms with Gasteiger partial charge in [-0.2, -0.15) is 0 Å². The van der Waals surface area contributed by atoms with Crippen LogP contribution in [0.2, 0.25) is 0 Å². The summed E-state index contributed by atoms with van der Waals surface area (Å²) in [5.74, 6) is 0.592. The molecule has 5 nitrogen and oxygen atoms in total. The molecule has 1 aromatic rings. The Balaban J connectivity index is 1.62. The van der Waals surface area contributed by atoms with Crippen LogP contribution in [-0.2, 0) is 14.3 Å². The van der Waals surface area contributed by atoms with Gasteiger partial charge in [0.1, 0.15) is 0 Å². The molecular weight excluding hydrogens is 316 g/mol. The molecule has 0 aliphatic carbocycles. The van der Waals surface area contributed by atoms with Crippen molar-refractivity contribution in [3.8, 4) is 0 Å². The molecule has 0 saturated carbocycles. The molecule has 4 rings (SSSR count). The molecule has 3 aliphatic heterocycles. The van der Waals surface area contributed by atoms with Crippen LogP contribution in [0.15, 0.2) is 30.3 Å².